The number of amidine groups is 1. The molecule has 0 saturated heterocycles. The van der Waals surface area contributed by atoms with Crippen LogP contribution >= 0.6 is 0 Å². The van der Waals surface area contributed by atoms with Crippen LogP contribution < -0.4 is 5.32 Å². The van der Waals surface area contributed by atoms with Crippen LogP contribution in [0.3, 0.4) is 0 Å². The maximum absolute atomic E-state index is 13.4. The normalized spacial score (nSPS) is 23.6. The molecule has 0 saturated carbocycles. The Morgan fingerprint density at radius 2 is 1.93 bits per heavy atom. The topological polar surface area (TPSA) is 54.4 Å². The fraction of sp³-hybridized carbons (Fsp3) is 0.350. The summed E-state index contributed by atoms with van der Waals surface area (Å²) in [4.78, 5) is 21.3. The number of hydrogen-bond donors (Lipinski definition) is 1. The molecule has 1 aromatic heterocycles. The van der Waals surface area contributed by atoms with E-state index in [4.69, 9.17) is 0 Å². The van der Waals surface area contributed by atoms with E-state index in [1.165, 1.54) is 13.1 Å². The van der Waals surface area contributed by atoms with Crippen molar-refractivity contribution in [3.05, 3.63) is 64.5 Å². The van der Waals surface area contributed by atoms with E-state index in [0.717, 1.165) is 36.5 Å². The van der Waals surface area contributed by atoms with Crippen LogP contribution in [0.2, 0.25) is 0 Å². The molecular weight excluding hydrogens is 355 g/mol. The number of pyridine rings is 1. The number of carbonyl (C=O) groups excluding carboxylic acids is 1. The molecule has 4 nitrogen and oxygen atoms in total. The van der Waals surface area contributed by atoms with Crippen LogP contribution in [0.25, 0.3) is 0 Å². The van der Waals surface area contributed by atoms with Crippen LogP contribution in [-0.4, -0.2) is 23.8 Å². The lowest BCUT2D eigenvalue weighted by Gasteiger charge is -2.38. The number of fused-ring (bicyclic) bond motifs is 4. The van der Waals surface area contributed by atoms with Crippen LogP contribution in [-0.2, 0) is 22.8 Å². The lowest BCUT2D eigenvalue weighted by Crippen LogP contribution is -2.54. The first-order chi connectivity index (χ1) is 12.9. The minimum Gasteiger partial charge on any atom is -0.309 e. The lowest BCUT2D eigenvalue weighted by atomic mass is 9.69. The Labute approximate surface area is 154 Å². The highest BCUT2D eigenvalue weighted by Gasteiger charge is 2.51. The number of hydrogen-bond acceptors (Lipinski definition) is 3. The van der Waals surface area contributed by atoms with Gasteiger partial charge in [0.2, 0.25) is 5.91 Å². The number of aliphatic imine (C=N–C) groups is 1. The molecule has 2 aromatic rings. The van der Waals surface area contributed by atoms with E-state index in [2.05, 4.69) is 15.3 Å². The van der Waals surface area contributed by atoms with Gasteiger partial charge in [-0.1, -0.05) is 30.7 Å². The molecule has 27 heavy (non-hydrogen) atoms. The molecule has 0 bridgehead atoms. The van der Waals surface area contributed by atoms with Gasteiger partial charge in [0.05, 0.1) is 5.69 Å². The molecule has 0 radical (unpaired) electrons. The second-order valence-electron chi connectivity index (χ2n) is 6.89. The number of aryl methyl sites for hydroxylation is 1. The predicted octanol–water partition coefficient (Wildman–Crippen LogP) is 3.62. The second-order valence-corrected chi connectivity index (χ2v) is 6.89. The molecule has 4 rings (SSSR count). The van der Waals surface area contributed by atoms with Crippen molar-refractivity contribution in [2.24, 2.45) is 4.99 Å². The van der Waals surface area contributed by atoms with Crippen LogP contribution in [0, 0.1) is 0 Å². The van der Waals surface area contributed by atoms with Gasteiger partial charge in [0.15, 0.2) is 0 Å². The predicted molar refractivity (Wildman–Crippen MR) is 94.6 cm³/mol. The fourth-order valence-corrected chi connectivity index (χ4v) is 4.18. The molecular formula is C20H18F3N3O. The Kier molecular flexibility index (Phi) is 4.05. The Morgan fingerprint density at radius 1 is 1.15 bits per heavy atom. The Balaban J connectivity index is 2.07. The SMILES string of the molecule is CN=C1NC(=O)[C@@]2(CCCCc3ccccc32)c2nc(C(F)(F)F)ccc21. The highest BCUT2D eigenvalue weighted by Crippen LogP contribution is 2.45. The minimum atomic E-state index is -4.59. The van der Waals surface area contributed by atoms with E-state index < -0.39 is 17.3 Å². The van der Waals surface area contributed by atoms with Crippen LogP contribution in [0.4, 0.5) is 13.2 Å². The molecule has 1 aromatic carbocycles. The summed E-state index contributed by atoms with van der Waals surface area (Å²) in [5.41, 5.74) is 0.0819. The lowest BCUT2D eigenvalue weighted by molar-refractivity contribution is -0.141. The van der Waals surface area contributed by atoms with E-state index in [1.54, 1.807) is 0 Å². The maximum atomic E-state index is 13.4. The largest absolute Gasteiger partial charge is 0.433 e. The van der Waals surface area contributed by atoms with Gasteiger partial charge in [-0.25, -0.2) is 4.98 Å². The number of nitrogens with zero attached hydrogens (tertiary/aromatic N) is 2. The third-order valence-electron chi connectivity index (χ3n) is 5.41. The van der Waals surface area contributed by atoms with E-state index >= 15 is 0 Å². The van der Waals surface area contributed by atoms with Crippen molar-refractivity contribution in [3.63, 3.8) is 0 Å². The van der Waals surface area contributed by atoms with Crippen molar-refractivity contribution in [2.75, 3.05) is 7.05 Å². The summed E-state index contributed by atoms with van der Waals surface area (Å²) in [6.45, 7) is 0. The molecule has 1 amide bonds. The van der Waals surface area contributed by atoms with Gasteiger partial charge in [-0.05, 0) is 42.5 Å². The van der Waals surface area contributed by atoms with E-state index in [1.807, 2.05) is 24.3 Å². The Bertz CT molecular complexity index is 952. The summed E-state index contributed by atoms with van der Waals surface area (Å²) >= 11 is 0. The molecule has 0 fully saturated rings. The zero-order valence-corrected chi connectivity index (χ0v) is 14.7. The van der Waals surface area contributed by atoms with Gasteiger partial charge in [0, 0.05) is 12.6 Å². The number of aromatic nitrogens is 1. The fourth-order valence-electron chi connectivity index (χ4n) is 4.18. The van der Waals surface area contributed by atoms with Crippen molar-refractivity contribution < 1.29 is 18.0 Å². The van der Waals surface area contributed by atoms with E-state index in [-0.39, 0.29) is 17.4 Å². The van der Waals surface area contributed by atoms with Crippen LogP contribution in [0.1, 0.15) is 47.3 Å². The van der Waals surface area contributed by atoms with Crippen molar-refractivity contribution in [2.45, 2.75) is 37.3 Å². The number of benzene rings is 1. The van der Waals surface area contributed by atoms with Gasteiger partial charge in [0.25, 0.3) is 0 Å². The summed E-state index contributed by atoms with van der Waals surface area (Å²) in [5.74, 6) is -0.111. The standard InChI is InChI=1S/C20H18F3N3O/c1-24-17-13-9-10-15(20(21,22)23)25-16(13)19(18(27)26-17)11-5-4-7-12-6-2-3-8-14(12)19/h2-3,6,8-10H,4-5,7,11H2,1H3,(H,24,26,27)/t19-/m1/s1. The summed E-state index contributed by atoms with van der Waals surface area (Å²) in [5, 5.41) is 2.80. The molecule has 1 N–H and O–H groups in total. The summed E-state index contributed by atoms with van der Waals surface area (Å²) in [7, 11) is 1.50. The molecule has 1 atom stereocenters. The zero-order chi connectivity index (χ0) is 19.2. The highest BCUT2D eigenvalue weighted by molar-refractivity contribution is 6.16. The number of amides is 1. The number of carbonyl (C=O) groups is 1. The van der Waals surface area contributed by atoms with Gasteiger partial charge in [-0.2, -0.15) is 13.2 Å². The maximum Gasteiger partial charge on any atom is 0.433 e. The van der Waals surface area contributed by atoms with Crippen molar-refractivity contribution in [1.82, 2.24) is 10.3 Å². The van der Waals surface area contributed by atoms with Gasteiger partial charge < -0.3 is 5.32 Å². The number of alkyl halides is 3. The minimum absolute atomic E-state index is 0.149. The summed E-state index contributed by atoms with van der Waals surface area (Å²) < 4.78 is 40.1. The first-order valence-corrected chi connectivity index (χ1v) is 8.83. The average molecular weight is 373 g/mol. The van der Waals surface area contributed by atoms with Gasteiger partial charge >= 0.3 is 6.18 Å². The smallest absolute Gasteiger partial charge is 0.309 e. The molecule has 0 unspecified atom stereocenters. The second kappa shape index (κ2) is 6.18. The molecule has 1 spiro atoms. The van der Waals surface area contributed by atoms with Crippen LogP contribution in [0.5, 0.6) is 0 Å². The third-order valence-corrected chi connectivity index (χ3v) is 5.41. The number of rotatable bonds is 0. The average Bonchev–Trinajstić information content (AvgIpc) is 2.84. The molecule has 2 heterocycles. The first-order valence-electron chi connectivity index (χ1n) is 8.83. The van der Waals surface area contributed by atoms with Gasteiger partial charge in [0.1, 0.15) is 16.9 Å². The zero-order valence-electron chi connectivity index (χ0n) is 14.7. The molecule has 7 heteroatoms. The number of nitrogens with one attached hydrogen (secondary N) is 1. The molecule has 1 aliphatic heterocycles. The number of halogens is 3. The van der Waals surface area contributed by atoms with Crippen LogP contribution in [0.15, 0.2) is 41.4 Å². The third kappa shape index (κ3) is 2.64. The summed E-state index contributed by atoms with van der Waals surface area (Å²) in [6.07, 6.45) is -1.80. The first kappa shape index (κ1) is 17.7. The van der Waals surface area contributed by atoms with Crippen molar-refractivity contribution >= 4 is 11.7 Å². The Morgan fingerprint density at radius 3 is 2.67 bits per heavy atom. The quantitative estimate of drug-likeness (QED) is 0.767. The Hall–Kier alpha value is -2.70. The molecule has 140 valence electrons. The monoisotopic (exact) mass is 373 g/mol. The molecule has 2 aliphatic rings. The van der Waals surface area contributed by atoms with Crippen molar-refractivity contribution in [3.8, 4) is 0 Å². The van der Waals surface area contributed by atoms with E-state index in [0.29, 0.717) is 12.0 Å². The van der Waals surface area contributed by atoms with Gasteiger partial charge in [-0.15, -0.1) is 0 Å². The summed E-state index contributed by atoms with van der Waals surface area (Å²) in [6, 6.07) is 9.78. The van der Waals surface area contributed by atoms with E-state index in [9.17, 15) is 18.0 Å². The van der Waals surface area contributed by atoms with Crippen molar-refractivity contribution in [1.29, 1.82) is 0 Å². The molecule has 1 aliphatic carbocycles. The van der Waals surface area contributed by atoms with Gasteiger partial charge in [-0.3, -0.25) is 9.79 Å². The highest BCUT2D eigenvalue weighted by atomic mass is 19.4.